The normalized spacial score (nSPS) is 16.5. The highest BCUT2D eigenvalue weighted by Crippen LogP contribution is 2.37. The minimum atomic E-state index is -4.90. The van der Waals surface area contributed by atoms with Gasteiger partial charge in [0, 0.05) is 44.0 Å². The molecule has 0 bridgehead atoms. The zero-order chi connectivity index (χ0) is 37.5. The summed E-state index contributed by atoms with van der Waals surface area (Å²) in [5, 5.41) is 17.3. The minimum absolute atomic E-state index is 0.0812. The number of alkyl halides is 3. The van der Waals surface area contributed by atoms with Crippen molar-refractivity contribution in [2.45, 2.75) is 19.0 Å². The zero-order valence-electron chi connectivity index (χ0n) is 28.4. The fourth-order valence-electron chi connectivity index (χ4n) is 6.32. The van der Waals surface area contributed by atoms with Crippen LogP contribution < -0.4 is 5.32 Å². The lowest BCUT2D eigenvalue weighted by Crippen LogP contribution is -2.57. The molecule has 0 aliphatic carbocycles. The third-order valence-corrected chi connectivity index (χ3v) is 9.79. The first-order chi connectivity index (χ1) is 24.5. The number of rotatable bonds is 7. The summed E-state index contributed by atoms with van der Waals surface area (Å²) < 4.78 is 45.0. The SMILES string of the molecule is Cn1c(-c2cn(-c3ccc([N+](=O)[O-])cn3)nc2C(F)(F)F)cnc1C(=O)Nc1ccc(C(=O)N2CCC(C(=O)N3CC[N+](C)(C)CC3)CC2)c(Cl)c1. The van der Waals surface area contributed by atoms with Gasteiger partial charge in [-0.05, 0) is 37.1 Å². The van der Waals surface area contributed by atoms with Gasteiger partial charge in [0.15, 0.2) is 17.3 Å². The van der Waals surface area contributed by atoms with Crippen LogP contribution in [0.4, 0.5) is 24.5 Å². The van der Waals surface area contributed by atoms with Crippen LogP contribution in [0.5, 0.6) is 0 Å². The van der Waals surface area contributed by atoms with E-state index in [1.807, 2.05) is 4.90 Å². The first-order valence-corrected chi connectivity index (χ1v) is 16.7. The van der Waals surface area contributed by atoms with Crippen LogP contribution in [0.3, 0.4) is 0 Å². The highest BCUT2D eigenvalue weighted by molar-refractivity contribution is 6.34. The summed E-state index contributed by atoms with van der Waals surface area (Å²) in [7, 11) is 5.66. The van der Waals surface area contributed by atoms with Gasteiger partial charge in [-0.15, -0.1) is 0 Å². The molecular formula is C33H35ClF3N10O5+. The highest BCUT2D eigenvalue weighted by Gasteiger charge is 2.39. The van der Waals surface area contributed by atoms with Gasteiger partial charge in [-0.1, -0.05) is 11.6 Å². The summed E-state index contributed by atoms with van der Waals surface area (Å²) in [6.45, 7) is 4.06. The summed E-state index contributed by atoms with van der Waals surface area (Å²) in [6, 6.07) is 6.59. The van der Waals surface area contributed by atoms with Gasteiger partial charge >= 0.3 is 6.18 Å². The number of aromatic nitrogens is 5. The zero-order valence-corrected chi connectivity index (χ0v) is 29.2. The number of anilines is 1. The lowest BCUT2D eigenvalue weighted by atomic mass is 9.94. The number of imidazole rings is 1. The van der Waals surface area contributed by atoms with E-state index in [1.165, 1.54) is 25.2 Å². The molecule has 1 N–H and O–H groups in total. The van der Waals surface area contributed by atoms with Crippen molar-refractivity contribution in [2.24, 2.45) is 13.0 Å². The number of hydrogen-bond acceptors (Lipinski definition) is 8. The Morgan fingerprint density at radius 2 is 1.69 bits per heavy atom. The van der Waals surface area contributed by atoms with Crippen LogP contribution in [0, 0.1) is 16.0 Å². The Labute approximate surface area is 300 Å². The summed E-state index contributed by atoms with van der Waals surface area (Å²) >= 11 is 6.49. The number of halogens is 4. The van der Waals surface area contributed by atoms with E-state index < -0.39 is 28.3 Å². The van der Waals surface area contributed by atoms with E-state index in [-0.39, 0.29) is 57.0 Å². The van der Waals surface area contributed by atoms with Crippen LogP contribution in [-0.2, 0) is 18.0 Å². The van der Waals surface area contributed by atoms with E-state index in [0.717, 1.165) is 70.6 Å². The molecule has 0 spiro atoms. The number of likely N-dealkylation sites (tertiary alicyclic amines) is 1. The highest BCUT2D eigenvalue weighted by atomic mass is 35.5. The maximum atomic E-state index is 14.1. The van der Waals surface area contributed by atoms with Crippen molar-refractivity contribution in [3.63, 3.8) is 0 Å². The summed E-state index contributed by atoms with van der Waals surface area (Å²) in [5.74, 6) is -1.39. The van der Waals surface area contributed by atoms with Crippen molar-refractivity contribution in [1.29, 1.82) is 0 Å². The Kier molecular flexibility index (Phi) is 9.80. The number of benzene rings is 1. The molecule has 2 aliphatic heterocycles. The Bertz CT molecular complexity index is 2030. The lowest BCUT2D eigenvalue weighted by molar-refractivity contribution is -0.894. The van der Waals surface area contributed by atoms with Crippen molar-refractivity contribution >= 4 is 40.7 Å². The van der Waals surface area contributed by atoms with Gasteiger partial charge in [0.2, 0.25) is 5.91 Å². The number of carbonyl (C=O) groups is 3. The van der Waals surface area contributed by atoms with E-state index >= 15 is 0 Å². The second kappa shape index (κ2) is 14.0. The van der Waals surface area contributed by atoms with Gasteiger partial charge in [-0.25, -0.2) is 14.6 Å². The Balaban J connectivity index is 1.12. The maximum absolute atomic E-state index is 14.1. The number of nitrogens with one attached hydrogen (secondary N) is 1. The fraction of sp³-hybridized carbons (Fsp3) is 0.394. The molecule has 2 saturated heterocycles. The number of hydrogen-bond donors (Lipinski definition) is 1. The molecule has 19 heteroatoms. The number of carbonyl (C=O) groups excluding carboxylic acids is 3. The lowest BCUT2D eigenvalue weighted by Gasteiger charge is -2.41. The van der Waals surface area contributed by atoms with Crippen LogP contribution >= 0.6 is 11.6 Å². The topological polar surface area (TPSA) is 161 Å². The second-order valence-electron chi connectivity index (χ2n) is 13.4. The Hall–Kier alpha value is -5.36. The monoisotopic (exact) mass is 743 g/mol. The van der Waals surface area contributed by atoms with Gasteiger partial charge in [0.05, 0.1) is 73.2 Å². The van der Waals surface area contributed by atoms with Crippen LogP contribution in [0.1, 0.15) is 39.5 Å². The molecule has 1 aromatic carbocycles. The van der Waals surface area contributed by atoms with Crippen LogP contribution in [-0.4, -0.2) is 115 Å². The van der Waals surface area contributed by atoms with Crippen molar-refractivity contribution in [3.05, 3.63) is 81.1 Å². The van der Waals surface area contributed by atoms with E-state index in [2.05, 4.69) is 34.5 Å². The Morgan fingerprint density at radius 3 is 2.29 bits per heavy atom. The van der Waals surface area contributed by atoms with Crippen LogP contribution in [0.15, 0.2) is 48.9 Å². The third kappa shape index (κ3) is 7.48. The molecule has 15 nitrogen and oxygen atoms in total. The number of pyridine rings is 1. The van der Waals surface area contributed by atoms with Crippen molar-refractivity contribution in [2.75, 3.05) is 58.7 Å². The van der Waals surface area contributed by atoms with Crippen molar-refractivity contribution in [1.82, 2.24) is 34.1 Å². The summed E-state index contributed by atoms with van der Waals surface area (Å²) in [6.07, 6.45) is -0.769. The second-order valence-corrected chi connectivity index (χ2v) is 13.8. The number of nitro groups is 1. The maximum Gasteiger partial charge on any atom is 0.435 e. The average Bonchev–Trinajstić information content (AvgIpc) is 3.72. The van der Waals surface area contributed by atoms with Gasteiger partial charge in [0.1, 0.15) is 6.20 Å². The van der Waals surface area contributed by atoms with Crippen LogP contribution in [0.25, 0.3) is 17.1 Å². The van der Waals surface area contributed by atoms with E-state index in [4.69, 9.17) is 11.6 Å². The van der Waals surface area contributed by atoms with E-state index in [0.29, 0.717) is 25.9 Å². The molecule has 4 aromatic rings. The molecule has 6 rings (SSSR count). The third-order valence-electron chi connectivity index (χ3n) is 9.48. The smallest absolute Gasteiger partial charge is 0.339 e. The molecule has 0 saturated carbocycles. The molecule has 0 radical (unpaired) electrons. The number of amides is 3. The van der Waals surface area contributed by atoms with Gasteiger partial charge < -0.3 is 24.2 Å². The number of likely N-dealkylation sites (N-methyl/N-ethyl adjacent to an activating group) is 1. The minimum Gasteiger partial charge on any atom is -0.339 e. The molecule has 5 heterocycles. The molecular weight excluding hydrogens is 709 g/mol. The quantitative estimate of drug-likeness (QED) is 0.167. The van der Waals surface area contributed by atoms with Crippen molar-refractivity contribution in [3.8, 4) is 17.1 Å². The summed E-state index contributed by atoms with van der Waals surface area (Å²) in [4.78, 5) is 61.4. The molecule has 3 aromatic heterocycles. The molecule has 3 amide bonds. The predicted molar refractivity (Wildman–Crippen MR) is 182 cm³/mol. The molecule has 2 aliphatic rings. The van der Waals surface area contributed by atoms with E-state index in [9.17, 15) is 37.7 Å². The molecule has 2 fully saturated rings. The van der Waals surface area contributed by atoms with E-state index in [1.54, 1.807) is 4.90 Å². The number of piperidine rings is 1. The number of nitrogens with zero attached hydrogens (tertiary/aromatic N) is 9. The van der Waals surface area contributed by atoms with Crippen molar-refractivity contribution < 1.29 is 37.0 Å². The first-order valence-electron chi connectivity index (χ1n) is 16.3. The largest absolute Gasteiger partial charge is 0.435 e. The van der Waals surface area contributed by atoms with Crippen LogP contribution in [0.2, 0.25) is 5.02 Å². The number of quaternary nitrogens is 1. The fourth-order valence-corrected chi connectivity index (χ4v) is 6.58. The predicted octanol–water partition coefficient (Wildman–Crippen LogP) is 4.27. The first kappa shape index (κ1) is 36.4. The standard InChI is InChI=1S/C33H34ClF3N10O5/c1-42-26(24-19-45(41-28(24)33(35,36)37)27-7-5-22(17-38-27)46(51)52)18-39-29(42)30(48)40-21-4-6-23(25(34)16-21)32(50)43-10-8-20(9-11-43)31(49)44-12-14-47(2,3)15-13-44/h4-7,16-20H,8-15H2,1-3H3/p+1. The molecule has 52 heavy (non-hydrogen) atoms. The average molecular weight is 744 g/mol. The molecule has 0 unspecified atom stereocenters. The van der Waals surface area contributed by atoms with Gasteiger partial charge in [-0.2, -0.15) is 18.3 Å². The van der Waals surface area contributed by atoms with Gasteiger partial charge in [0.25, 0.3) is 17.5 Å². The summed E-state index contributed by atoms with van der Waals surface area (Å²) in [5.41, 5.74) is -1.69. The Morgan fingerprint density at radius 1 is 1.00 bits per heavy atom. The number of piperazine rings is 1. The van der Waals surface area contributed by atoms with Gasteiger partial charge in [-0.3, -0.25) is 24.5 Å². The molecule has 0 atom stereocenters. The molecule has 274 valence electrons.